The number of aromatic carboxylic acids is 1. The summed E-state index contributed by atoms with van der Waals surface area (Å²) in [6, 6.07) is 10.4. The molecule has 1 N–H and O–H groups in total. The van der Waals surface area contributed by atoms with E-state index in [4.69, 9.17) is 16.7 Å². The third-order valence-electron chi connectivity index (χ3n) is 2.43. The van der Waals surface area contributed by atoms with Crippen LogP contribution in [0.2, 0.25) is 5.02 Å². The number of carboxylic acids is 1. The van der Waals surface area contributed by atoms with Gasteiger partial charge in [0.1, 0.15) is 5.69 Å². The molecule has 0 atom stereocenters. The smallest absolute Gasteiger partial charge is 0.354 e. The molecule has 0 amide bonds. The Morgan fingerprint density at radius 1 is 1.29 bits per heavy atom. The van der Waals surface area contributed by atoms with Gasteiger partial charge in [-0.25, -0.2) is 9.78 Å². The molecular weight excluding hydrogens is 238 g/mol. The van der Waals surface area contributed by atoms with E-state index >= 15 is 0 Å². The van der Waals surface area contributed by atoms with Crippen molar-refractivity contribution in [1.82, 2.24) is 4.98 Å². The van der Waals surface area contributed by atoms with Crippen LogP contribution in [0.5, 0.6) is 0 Å². The molecule has 0 fully saturated rings. The van der Waals surface area contributed by atoms with Crippen molar-refractivity contribution in [2.45, 2.75) is 6.92 Å². The van der Waals surface area contributed by atoms with Crippen molar-refractivity contribution in [2.24, 2.45) is 0 Å². The highest BCUT2D eigenvalue weighted by molar-refractivity contribution is 6.30. The van der Waals surface area contributed by atoms with Crippen molar-refractivity contribution in [1.29, 1.82) is 0 Å². The highest BCUT2D eigenvalue weighted by Gasteiger charge is 2.08. The normalized spacial score (nSPS) is 10.2. The van der Waals surface area contributed by atoms with Gasteiger partial charge in [0.2, 0.25) is 0 Å². The largest absolute Gasteiger partial charge is 0.477 e. The summed E-state index contributed by atoms with van der Waals surface area (Å²) in [5.41, 5.74) is 2.53. The fraction of sp³-hybridized carbons (Fsp3) is 0.0769. The molecule has 2 rings (SSSR count). The number of hydrogen-bond donors (Lipinski definition) is 1. The number of nitrogens with zero attached hydrogens (tertiary/aromatic N) is 1. The number of aromatic nitrogens is 1. The van der Waals surface area contributed by atoms with Gasteiger partial charge in [0.25, 0.3) is 0 Å². The van der Waals surface area contributed by atoms with Crippen LogP contribution >= 0.6 is 11.6 Å². The van der Waals surface area contributed by atoms with Gasteiger partial charge in [-0.3, -0.25) is 0 Å². The minimum absolute atomic E-state index is 0.0388. The van der Waals surface area contributed by atoms with E-state index in [1.807, 2.05) is 19.1 Å². The monoisotopic (exact) mass is 247 g/mol. The minimum atomic E-state index is -1.03. The topological polar surface area (TPSA) is 50.2 Å². The molecule has 86 valence electrons. The summed E-state index contributed by atoms with van der Waals surface area (Å²) in [6.07, 6.45) is 0. The molecule has 1 aromatic heterocycles. The SMILES string of the molecule is Cc1cc(Cl)ccc1-c1cccc(C(=O)O)n1. The molecule has 0 bridgehead atoms. The van der Waals surface area contributed by atoms with Crippen LogP contribution < -0.4 is 0 Å². The second kappa shape index (κ2) is 4.55. The maximum Gasteiger partial charge on any atom is 0.354 e. The highest BCUT2D eigenvalue weighted by Crippen LogP contribution is 2.24. The van der Waals surface area contributed by atoms with E-state index in [0.29, 0.717) is 10.7 Å². The van der Waals surface area contributed by atoms with Gasteiger partial charge in [0.15, 0.2) is 0 Å². The Morgan fingerprint density at radius 3 is 2.71 bits per heavy atom. The van der Waals surface area contributed by atoms with Crippen LogP contribution in [0, 0.1) is 6.92 Å². The number of carboxylic acid groups (broad SMARTS) is 1. The molecule has 0 radical (unpaired) electrons. The van der Waals surface area contributed by atoms with Gasteiger partial charge in [0.05, 0.1) is 5.69 Å². The third kappa shape index (κ3) is 2.45. The molecular formula is C13H10ClNO2. The van der Waals surface area contributed by atoms with Gasteiger partial charge in [-0.1, -0.05) is 23.7 Å². The molecule has 4 heteroatoms. The Labute approximate surface area is 104 Å². The zero-order valence-corrected chi connectivity index (χ0v) is 9.90. The van der Waals surface area contributed by atoms with Crippen molar-refractivity contribution in [3.05, 3.63) is 52.7 Å². The van der Waals surface area contributed by atoms with Crippen LogP contribution in [0.25, 0.3) is 11.3 Å². The van der Waals surface area contributed by atoms with Gasteiger partial charge in [-0.15, -0.1) is 0 Å². The quantitative estimate of drug-likeness (QED) is 0.885. The number of carbonyl (C=O) groups is 1. The summed E-state index contributed by atoms with van der Waals surface area (Å²) in [7, 11) is 0. The Balaban J connectivity index is 2.53. The molecule has 0 spiro atoms. The highest BCUT2D eigenvalue weighted by atomic mass is 35.5. The van der Waals surface area contributed by atoms with Crippen LogP contribution in [0.1, 0.15) is 16.1 Å². The summed E-state index contributed by atoms with van der Waals surface area (Å²) in [6.45, 7) is 1.91. The number of benzene rings is 1. The standard InChI is InChI=1S/C13H10ClNO2/c1-8-7-9(14)5-6-10(8)11-3-2-4-12(15-11)13(16)17/h2-7H,1H3,(H,16,17). The van der Waals surface area contributed by atoms with E-state index in [9.17, 15) is 4.79 Å². The number of pyridine rings is 1. The average Bonchev–Trinajstić information content (AvgIpc) is 2.29. The first-order valence-electron chi connectivity index (χ1n) is 5.05. The van der Waals surface area contributed by atoms with Crippen LogP contribution in [-0.2, 0) is 0 Å². The molecule has 17 heavy (non-hydrogen) atoms. The van der Waals surface area contributed by atoms with Crippen molar-refractivity contribution in [3.63, 3.8) is 0 Å². The minimum Gasteiger partial charge on any atom is -0.477 e. The molecule has 3 nitrogen and oxygen atoms in total. The van der Waals surface area contributed by atoms with Crippen LogP contribution in [-0.4, -0.2) is 16.1 Å². The van der Waals surface area contributed by atoms with Crippen LogP contribution in [0.4, 0.5) is 0 Å². The molecule has 1 aromatic carbocycles. The Morgan fingerprint density at radius 2 is 2.06 bits per heavy atom. The first-order chi connectivity index (χ1) is 8.08. The van der Waals surface area contributed by atoms with Gasteiger partial charge in [-0.05, 0) is 36.8 Å². The molecule has 0 saturated heterocycles. The maximum atomic E-state index is 10.8. The predicted octanol–water partition coefficient (Wildman–Crippen LogP) is 3.41. The van der Waals surface area contributed by atoms with Crippen molar-refractivity contribution < 1.29 is 9.90 Å². The van der Waals surface area contributed by atoms with E-state index in [-0.39, 0.29) is 5.69 Å². The summed E-state index contributed by atoms with van der Waals surface area (Å²) >= 11 is 5.87. The van der Waals surface area contributed by atoms with E-state index in [1.54, 1.807) is 18.2 Å². The first kappa shape index (κ1) is 11.6. The third-order valence-corrected chi connectivity index (χ3v) is 2.67. The molecule has 2 aromatic rings. The zero-order chi connectivity index (χ0) is 12.4. The maximum absolute atomic E-state index is 10.8. The molecule has 0 saturated carbocycles. The number of hydrogen-bond acceptors (Lipinski definition) is 2. The lowest BCUT2D eigenvalue weighted by atomic mass is 10.1. The predicted molar refractivity (Wildman–Crippen MR) is 66.4 cm³/mol. The van der Waals surface area contributed by atoms with Crippen LogP contribution in [0.3, 0.4) is 0 Å². The van der Waals surface area contributed by atoms with Crippen molar-refractivity contribution >= 4 is 17.6 Å². The fourth-order valence-electron chi connectivity index (χ4n) is 1.62. The Kier molecular flexibility index (Phi) is 3.11. The Hall–Kier alpha value is -1.87. The number of aryl methyl sites for hydroxylation is 1. The average molecular weight is 248 g/mol. The van der Waals surface area contributed by atoms with Gasteiger partial charge in [-0.2, -0.15) is 0 Å². The lowest BCUT2D eigenvalue weighted by Gasteiger charge is -2.06. The summed E-state index contributed by atoms with van der Waals surface area (Å²) < 4.78 is 0. The second-order valence-corrected chi connectivity index (χ2v) is 4.11. The van der Waals surface area contributed by atoms with Gasteiger partial charge in [0, 0.05) is 10.6 Å². The molecule has 0 unspecified atom stereocenters. The lowest BCUT2D eigenvalue weighted by Crippen LogP contribution is -2.00. The number of halogens is 1. The van der Waals surface area contributed by atoms with E-state index in [2.05, 4.69) is 4.98 Å². The van der Waals surface area contributed by atoms with Crippen molar-refractivity contribution in [3.8, 4) is 11.3 Å². The molecule has 0 aliphatic heterocycles. The van der Waals surface area contributed by atoms with Crippen molar-refractivity contribution in [2.75, 3.05) is 0 Å². The number of rotatable bonds is 2. The fourth-order valence-corrected chi connectivity index (χ4v) is 1.84. The van der Waals surface area contributed by atoms with E-state index in [1.165, 1.54) is 6.07 Å². The summed E-state index contributed by atoms with van der Waals surface area (Å²) in [5.74, 6) is -1.03. The second-order valence-electron chi connectivity index (χ2n) is 3.67. The summed E-state index contributed by atoms with van der Waals surface area (Å²) in [5, 5.41) is 9.54. The van der Waals surface area contributed by atoms with Gasteiger partial charge >= 0.3 is 5.97 Å². The molecule has 0 aliphatic carbocycles. The Bertz CT molecular complexity index is 581. The first-order valence-corrected chi connectivity index (χ1v) is 5.42. The summed E-state index contributed by atoms with van der Waals surface area (Å²) in [4.78, 5) is 14.9. The van der Waals surface area contributed by atoms with Crippen LogP contribution in [0.15, 0.2) is 36.4 Å². The molecule has 0 aliphatic rings. The zero-order valence-electron chi connectivity index (χ0n) is 9.14. The lowest BCUT2D eigenvalue weighted by molar-refractivity contribution is 0.0690. The van der Waals surface area contributed by atoms with E-state index in [0.717, 1.165) is 11.1 Å². The van der Waals surface area contributed by atoms with Gasteiger partial charge < -0.3 is 5.11 Å². The van der Waals surface area contributed by atoms with E-state index < -0.39 is 5.97 Å². The molecule has 1 heterocycles.